The number of hydrogen-bond acceptors (Lipinski definition) is 4. The predicted molar refractivity (Wildman–Crippen MR) is 76.4 cm³/mol. The first kappa shape index (κ1) is 13.3. The van der Waals surface area contributed by atoms with Gasteiger partial charge in [0.25, 0.3) is 0 Å². The van der Waals surface area contributed by atoms with E-state index in [1.807, 2.05) is 23.0 Å². The van der Waals surface area contributed by atoms with E-state index < -0.39 is 0 Å². The third kappa shape index (κ3) is 2.73. The van der Waals surface area contributed by atoms with E-state index in [4.69, 9.17) is 0 Å². The van der Waals surface area contributed by atoms with Crippen molar-refractivity contribution in [2.45, 2.75) is 13.5 Å². The molecular formula is C15H20N4O. The van der Waals surface area contributed by atoms with Gasteiger partial charge in [-0.25, -0.2) is 9.97 Å². The van der Waals surface area contributed by atoms with E-state index in [2.05, 4.69) is 27.9 Å². The van der Waals surface area contributed by atoms with Crippen LogP contribution in [0.15, 0.2) is 37.1 Å². The molecule has 1 aliphatic heterocycles. The highest BCUT2D eigenvalue weighted by Gasteiger charge is 2.28. The highest BCUT2D eigenvalue weighted by molar-refractivity contribution is 5.25. The van der Waals surface area contributed by atoms with Crippen LogP contribution in [-0.4, -0.2) is 44.2 Å². The zero-order chi connectivity index (χ0) is 13.9. The van der Waals surface area contributed by atoms with Crippen molar-refractivity contribution in [1.82, 2.24) is 19.4 Å². The third-order valence-corrected chi connectivity index (χ3v) is 4.06. The van der Waals surface area contributed by atoms with Gasteiger partial charge in [0.15, 0.2) is 0 Å². The summed E-state index contributed by atoms with van der Waals surface area (Å²) in [5, 5.41) is 9.31. The molecule has 0 aliphatic carbocycles. The highest BCUT2D eigenvalue weighted by atomic mass is 16.3. The molecule has 5 heteroatoms. The molecule has 1 aliphatic rings. The molecule has 2 atom stereocenters. The number of likely N-dealkylation sites (tertiary alicyclic amines) is 1. The Hall–Kier alpha value is -1.72. The Morgan fingerprint density at radius 1 is 1.35 bits per heavy atom. The number of aliphatic hydroxyl groups is 1. The van der Waals surface area contributed by atoms with Crippen molar-refractivity contribution in [3.05, 3.63) is 42.6 Å². The lowest BCUT2D eigenvalue weighted by Gasteiger charge is -2.15. The maximum atomic E-state index is 9.31. The summed E-state index contributed by atoms with van der Waals surface area (Å²) in [6, 6.07) is 4.12. The van der Waals surface area contributed by atoms with Gasteiger partial charge in [0.1, 0.15) is 12.1 Å². The molecular weight excluding hydrogens is 252 g/mol. The Balaban J connectivity index is 1.64. The van der Waals surface area contributed by atoms with E-state index in [1.54, 1.807) is 12.5 Å². The van der Waals surface area contributed by atoms with Crippen LogP contribution in [-0.2, 0) is 6.54 Å². The van der Waals surface area contributed by atoms with Crippen molar-refractivity contribution in [2.24, 2.45) is 11.8 Å². The van der Waals surface area contributed by atoms with E-state index in [1.165, 1.54) is 5.56 Å². The summed E-state index contributed by atoms with van der Waals surface area (Å²) in [6.07, 6.45) is 7.30. The van der Waals surface area contributed by atoms with Gasteiger partial charge in [0, 0.05) is 44.8 Å². The lowest BCUT2D eigenvalue weighted by Crippen LogP contribution is -2.21. The molecule has 3 rings (SSSR count). The number of nitrogens with zero attached hydrogens (tertiary/aromatic N) is 4. The van der Waals surface area contributed by atoms with Crippen molar-refractivity contribution < 1.29 is 5.11 Å². The Morgan fingerprint density at radius 2 is 2.25 bits per heavy atom. The molecule has 1 saturated heterocycles. The monoisotopic (exact) mass is 272 g/mol. The molecule has 0 saturated carbocycles. The molecule has 20 heavy (non-hydrogen) atoms. The fourth-order valence-corrected chi connectivity index (χ4v) is 2.83. The summed E-state index contributed by atoms with van der Waals surface area (Å²) < 4.78 is 1.89. The van der Waals surface area contributed by atoms with Crippen molar-refractivity contribution in [3.8, 4) is 5.82 Å². The minimum Gasteiger partial charge on any atom is -0.396 e. The second kappa shape index (κ2) is 5.73. The number of imidazole rings is 1. The minimum atomic E-state index is 0.287. The summed E-state index contributed by atoms with van der Waals surface area (Å²) in [5.74, 6) is 1.86. The maximum Gasteiger partial charge on any atom is 0.137 e. The van der Waals surface area contributed by atoms with Crippen LogP contribution in [0.3, 0.4) is 0 Å². The van der Waals surface area contributed by atoms with Gasteiger partial charge in [-0.05, 0) is 23.5 Å². The summed E-state index contributed by atoms with van der Waals surface area (Å²) in [6.45, 7) is 5.42. The molecule has 0 bridgehead atoms. The lowest BCUT2D eigenvalue weighted by atomic mass is 10.00. The lowest BCUT2D eigenvalue weighted by molar-refractivity contribution is 0.204. The molecule has 0 radical (unpaired) electrons. The van der Waals surface area contributed by atoms with Gasteiger partial charge in [0.2, 0.25) is 0 Å². The van der Waals surface area contributed by atoms with E-state index in [9.17, 15) is 5.11 Å². The number of pyridine rings is 1. The van der Waals surface area contributed by atoms with E-state index in [0.717, 1.165) is 25.5 Å². The molecule has 2 aromatic rings. The van der Waals surface area contributed by atoms with Gasteiger partial charge in [-0.3, -0.25) is 9.47 Å². The van der Waals surface area contributed by atoms with Gasteiger partial charge in [-0.2, -0.15) is 0 Å². The van der Waals surface area contributed by atoms with Crippen molar-refractivity contribution in [1.29, 1.82) is 0 Å². The first-order valence-corrected chi connectivity index (χ1v) is 7.02. The molecule has 3 heterocycles. The number of rotatable bonds is 4. The first-order chi connectivity index (χ1) is 9.76. The summed E-state index contributed by atoms with van der Waals surface area (Å²) >= 11 is 0. The van der Waals surface area contributed by atoms with Crippen LogP contribution >= 0.6 is 0 Å². The smallest absolute Gasteiger partial charge is 0.137 e. The van der Waals surface area contributed by atoms with Crippen LogP contribution in [0.5, 0.6) is 0 Å². The number of aromatic nitrogens is 3. The Labute approximate surface area is 118 Å². The SMILES string of the molecule is C[C@@H]1CN(Cc2ccc(-n3ccnc3)nc2)C[C@H]1CO. The van der Waals surface area contributed by atoms with Gasteiger partial charge in [0.05, 0.1) is 0 Å². The van der Waals surface area contributed by atoms with Crippen molar-refractivity contribution in [3.63, 3.8) is 0 Å². The molecule has 0 unspecified atom stereocenters. The van der Waals surface area contributed by atoms with Crippen LogP contribution in [0, 0.1) is 11.8 Å². The third-order valence-electron chi connectivity index (χ3n) is 4.06. The summed E-state index contributed by atoms with van der Waals surface area (Å²) in [5.41, 5.74) is 1.21. The largest absolute Gasteiger partial charge is 0.396 e. The number of aliphatic hydroxyl groups excluding tert-OH is 1. The molecule has 0 spiro atoms. The predicted octanol–water partition coefficient (Wildman–Crippen LogP) is 1.33. The average molecular weight is 272 g/mol. The van der Waals surface area contributed by atoms with E-state index >= 15 is 0 Å². The van der Waals surface area contributed by atoms with Crippen LogP contribution in [0.1, 0.15) is 12.5 Å². The standard InChI is InChI=1S/C15H20N4O/c1-12-7-18(9-14(12)10-20)8-13-2-3-15(17-6-13)19-5-4-16-11-19/h2-6,11-12,14,20H,7-10H2,1H3/t12-,14+/m1/s1. The molecule has 0 amide bonds. The second-order valence-electron chi connectivity index (χ2n) is 5.61. The van der Waals surface area contributed by atoms with Gasteiger partial charge in [-0.15, -0.1) is 0 Å². The van der Waals surface area contributed by atoms with Crippen LogP contribution in [0.2, 0.25) is 0 Å². The van der Waals surface area contributed by atoms with Crippen LogP contribution in [0.4, 0.5) is 0 Å². The molecule has 1 N–H and O–H groups in total. The number of hydrogen-bond donors (Lipinski definition) is 1. The van der Waals surface area contributed by atoms with Crippen molar-refractivity contribution >= 4 is 0 Å². The second-order valence-corrected chi connectivity index (χ2v) is 5.61. The topological polar surface area (TPSA) is 54.2 Å². The molecule has 2 aromatic heterocycles. The molecule has 106 valence electrons. The zero-order valence-electron chi connectivity index (χ0n) is 11.7. The van der Waals surface area contributed by atoms with E-state index in [-0.39, 0.29) is 6.61 Å². The maximum absolute atomic E-state index is 9.31. The Morgan fingerprint density at radius 3 is 2.85 bits per heavy atom. The van der Waals surface area contributed by atoms with Gasteiger partial charge < -0.3 is 5.11 Å². The average Bonchev–Trinajstić information content (AvgIpc) is 3.09. The van der Waals surface area contributed by atoms with E-state index in [0.29, 0.717) is 11.8 Å². The minimum absolute atomic E-state index is 0.287. The Kier molecular flexibility index (Phi) is 3.80. The molecule has 5 nitrogen and oxygen atoms in total. The first-order valence-electron chi connectivity index (χ1n) is 7.02. The quantitative estimate of drug-likeness (QED) is 0.912. The summed E-state index contributed by atoms with van der Waals surface area (Å²) in [4.78, 5) is 10.9. The fraction of sp³-hybridized carbons (Fsp3) is 0.467. The van der Waals surface area contributed by atoms with Crippen LogP contribution in [0.25, 0.3) is 5.82 Å². The van der Waals surface area contributed by atoms with Crippen LogP contribution < -0.4 is 0 Å². The van der Waals surface area contributed by atoms with Gasteiger partial charge >= 0.3 is 0 Å². The van der Waals surface area contributed by atoms with Crippen molar-refractivity contribution in [2.75, 3.05) is 19.7 Å². The molecule has 1 fully saturated rings. The highest BCUT2D eigenvalue weighted by Crippen LogP contribution is 2.23. The Bertz CT molecular complexity index is 538. The summed E-state index contributed by atoms with van der Waals surface area (Å²) in [7, 11) is 0. The normalized spacial score (nSPS) is 23.3. The molecule has 0 aromatic carbocycles. The fourth-order valence-electron chi connectivity index (χ4n) is 2.83. The van der Waals surface area contributed by atoms with Gasteiger partial charge in [-0.1, -0.05) is 13.0 Å². The zero-order valence-corrected chi connectivity index (χ0v) is 11.7.